The van der Waals surface area contributed by atoms with Crippen molar-refractivity contribution in [1.29, 1.82) is 0 Å². The van der Waals surface area contributed by atoms with Gasteiger partial charge in [-0.2, -0.15) is 0 Å². The van der Waals surface area contributed by atoms with Gasteiger partial charge in [-0.05, 0) is 48.9 Å². The van der Waals surface area contributed by atoms with Gasteiger partial charge in [0, 0.05) is 22.8 Å². The second-order valence-corrected chi connectivity index (χ2v) is 9.11. The minimum Gasteiger partial charge on any atom is -0.507 e. The van der Waals surface area contributed by atoms with Crippen LogP contribution in [0.15, 0.2) is 58.1 Å². The number of rotatable bonds is 14. The van der Waals surface area contributed by atoms with Crippen molar-refractivity contribution in [1.82, 2.24) is 15.0 Å². The van der Waals surface area contributed by atoms with Crippen molar-refractivity contribution in [3.05, 3.63) is 64.4 Å². The van der Waals surface area contributed by atoms with Gasteiger partial charge >= 0.3 is 0 Å². The van der Waals surface area contributed by atoms with Crippen LogP contribution in [-0.2, 0) is 13.2 Å². The zero-order valence-corrected chi connectivity index (χ0v) is 20.9. The molecule has 0 bridgehead atoms. The van der Waals surface area contributed by atoms with Crippen molar-refractivity contribution in [2.75, 3.05) is 0 Å². The van der Waals surface area contributed by atoms with Crippen LogP contribution >= 0.6 is 15.9 Å². The number of ether oxygens (including phenoxy) is 1. The van der Waals surface area contributed by atoms with E-state index in [1.807, 2.05) is 47.3 Å². The third kappa shape index (κ3) is 9.00. The van der Waals surface area contributed by atoms with Crippen molar-refractivity contribution < 1.29 is 9.84 Å². The van der Waals surface area contributed by atoms with Crippen molar-refractivity contribution in [3.63, 3.8) is 0 Å². The molecule has 1 aromatic heterocycles. The van der Waals surface area contributed by atoms with Crippen LogP contribution in [-0.4, -0.2) is 26.3 Å². The van der Waals surface area contributed by atoms with Crippen LogP contribution in [0.4, 0.5) is 5.69 Å². The van der Waals surface area contributed by atoms with E-state index in [0.717, 1.165) is 34.6 Å². The molecule has 0 unspecified atom stereocenters. The minimum absolute atomic E-state index is 0.184. The molecule has 0 saturated carbocycles. The van der Waals surface area contributed by atoms with E-state index in [0.29, 0.717) is 12.2 Å². The molecule has 0 aliphatic heterocycles. The fourth-order valence-corrected chi connectivity index (χ4v) is 3.83. The minimum atomic E-state index is 0.184. The Morgan fingerprint density at radius 1 is 1.00 bits per heavy atom. The summed E-state index contributed by atoms with van der Waals surface area (Å²) >= 11 is 3.33. The van der Waals surface area contributed by atoms with Crippen LogP contribution in [0.5, 0.6) is 11.5 Å². The summed E-state index contributed by atoms with van der Waals surface area (Å²) in [5.41, 5.74) is 2.26. The molecule has 3 aromatic rings. The van der Waals surface area contributed by atoms with Crippen molar-refractivity contribution in [2.24, 2.45) is 4.99 Å². The SMILES string of the molecule is CCCCCCCCCCn1cc(COc2ccc(N=Cc3ccc(Br)cc3O)cc2)nn1. The third-order valence-electron chi connectivity index (χ3n) is 5.40. The lowest BCUT2D eigenvalue weighted by molar-refractivity contribution is 0.301. The maximum Gasteiger partial charge on any atom is 0.134 e. The smallest absolute Gasteiger partial charge is 0.134 e. The number of benzene rings is 2. The average molecular weight is 513 g/mol. The first-order chi connectivity index (χ1) is 16.1. The molecule has 0 atom stereocenters. The predicted octanol–water partition coefficient (Wildman–Crippen LogP) is 7.22. The highest BCUT2D eigenvalue weighted by Gasteiger charge is 2.03. The topological polar surface area (TPSA) is 72.5 Å². The maximum absolute atomic E-state index is 9.95. The number of aromatic nitrogens is 3. The molecule has 2 aromatic carbocycles. The second-order valence-electron chi connectivity index (χ2n) is 8.19. The Morgan fingerprint density at radius 3 is 2.45 bits per heavy atom. The highest BCUT2D eigenvalue weighted by molar-refractivity contribution is 9.10. The summed E-state index contributed by atoms with van der Waals surface area (Å²) in [5.74, 6) is 0.932. The van der Waals surface area contributed by atoms with Crippen molar-refractivity contribution in [3.8, 4) is 11.5 Å². The van der Waals surface area contributed by atoms with Crippen LogP contribution in [0.2, 0.25) is 0 Å². The highest BCUT2D eigenvalue weighted by Crippen LogP contribution is 2.23. The molecule has 7 heteroatoms. The number of phenolic OH excluding ortho intramolecular Hbond substituents is 1. The lowest BCUT2D eigenvalue weighted by Crippen LogP contribution is -1.98. The Kier molecular flexibility index (Phi) is 10.4. The van der Waals surface area contributed by atoms with Crippen molar-refractivity contribution >= 4 is 27.8 Å². The zero-order valence-electron chi connectivity index (χ0n) is 19.3. The lowest BCUT2D eigenvalue weighted by atomic mass is 10.1. The molecule has 6 nitrogen and oxygen atoms in total. The van der Waals surface area contributed by atoms with Gasteiger partial charge in [-0.1, -0.05) is 73.0 Å². The monoisotopic (exact) mass is 512 g/mol. The normalized spacial score (nSPS) is 11.3. The number of hydrogen-bond donors (Lipinski definition) is 1. The standard InChI is InChI=1S/C26H33BrN4O2/c1-2-3-4-5-6-7-8-9-16-31-19-24(29-30-31)20-33-25-14-12-23(13-15-25)28-18-21-10-11-22(27)17-26(21)32/h10-15,17-19,32H,2-9,16,20H2,1H3. The number of aliphatic imine (C=N–C) groups is 1. The van der Waals surface area contributed by atoms with Gasteiger partial charge in [0.1, 0.15) is 23.8 Å². The summed E-state index contributed by atoms with van der Waals surface area (Å²) in [5, 5.41) is 18.4. The summed E-state index contributed by atoms with van der Waals surface area (Å²) in [4.78, 5) is 4.41. The number of aromatic hydroxyl groups is 1. The van der Waals surface area contributed by atoms with E-state index in [-0.39, 0.29) is 5.75 Å². The summed E-state index contributed by atoms with van der Waals surface area (Å²) in [6.45, 7) is 3.54. The molecule has 0 fully saturated rings. The molecule has 0 aliphatic carbocycles. The van der Waals surface area contributed by atoms with E-state index in [2.05, 4.69) is 38.2 Å². The Labute approximate surface area is 204 Å². The molecule has 0 amide bonds. The number of halogens is 1. The highest BCUT2D eigenvalue weighted by atomic mass is 79.9. The number of nitrogens with zero attached hydrogens (tertiary/aromatic N) is 4. The molecule has 176 valence electrons. The van der Waals surface area contributed by atoms with E-state index in [9.17, 15) is 5.11 Å². The van der Waals surface area contributed by atoms with Crippen LogP contribution in [0.25, 0.3) is 0 Å². The summed E-state index contributed by atoms with van der Waals surface area (Å²) in [7, 11) is 0. The van der Waals surface area contributed by atoms with Gasteiger partial charge in [0.25, 0.3) is 0 Å². The van der Waals surface area contributed by atoms with E-state index in [4.69, 9.17) is 4.74 Å². The molecule has 3 rings (SSSR count). The number of phenols is 1. The Bertz CT molecular complexity index is 1000. The molecular formula is C26H33BrN4O2. The van der Waals surface area contributed by atoms with Gasteiger partial charge in [0.05, 0.1) is 11.9 Å². The molecule has 0 aliphatic rings. The van der Waals surface area contributed by atoms with Gasteiger partial charge < -0.3 is 9.84 Å². The largest absolute Gasteiger partial charge is 0.507 e. The number of aryl methyl sites for hydroxylation is 1. The summed E-state index contributed by atoms with van der Waals surface area (Å²) in [6, 6.07) is 12.8. The average Bonchev–Trinajstić information content (AvgIpc) is 3.27. The van der Waals surface area contributed by atoms with Gasteiger partial charge in [0.2, 0.25) is 0 Å². The molecule has 1 heterocycles. The quantitative estimate of drug-likeness (QED) is 0.183. The third-order valence-corrected chi connectivity index (χ3v) is 5.89. The van der Waals surface area contributed by atoms with Crippen LogP contribution in [0.1, 0.15) is 69.5 Å². The van der Waals surface area contributed by atoms with E-state index >= 15 is 0 Å². The molecule has 33 heavy (non-hydrogen) atoms. The molecule has 0 radical (unpaired) electrons. The van der Waals surface area contributed by atoms with Gasteiger partial charge in [-0.25, -0.2) is 0 Å². The first-order valence-electron chi connectivity index (χ1n) is 11.8. The second kappa shape index (κ2) is 13.8. The van der Waals surface area contributed by atoms with Gasteiger partial charge in [-0.3, -0.25) is 9.67 Å². The van der Waals surface area contributed by atoms with Crippen LogP contribution in [0, 0.1) is 0 Å². The van der Waals surface area contributed by atoms with E-state index < -0.39 is 0 Å². The Morgan fingerprint density at radius 2 is 1.73 bits per heavy atom. The fourth-order valence-electron chi connectivity index (χ4n) is 3.48. The Hall–Kier alpha value is -2.67. The van der Waals surface area contributed by atoms with Crippen LogP contribution < -0.4 is 4.74 Å². The fraction of sp³-hybridized carbons (Fsp3) is 0.423. The predicted molar refractivity (Wildman–Crippen MR) is 136 cm³/mol. The van der Waals surface area contributed by atoms with Crippen molar-refractivity contribution in [2.45, 2.75) is 71.4 Å². The van der Waals surface area contributed by atoms with E-state index in [1.54, 1.807) is 12.3 Å². The zero-order chi connectivity index (χ0) is 23.3. The lowest BCUT2D eigenvalue weighted by Gasteiger charge is -2.04. The van der Waals surface area contributed by atoms with Gasteiger partial charge in [-0.15, -0.1) is 5.10 Å². The molecular weight excluding hydrogens is 480 g/mol. The molecule has 1 N–H and O–H groups in total. The maximum atomic E-state index is 9.95. The van der Waals surface area contributed by atoms with E-state index in [1.165, 1.54) is 44.9 Å². The Balaban J connectivity index is 1.37. The summed E-state index contributed by atoms with van der Waals surface area (Å²) in [6.07, 6.45) is 14.0. The van der Waals surface area contributed by atoms with Gasteiger partial charge in [0.15, 0.2) is 0 Å². The summed E-state index contributed by atoms with van der Waals surface area (Å²) < 4.78 is 8.57. The first-order valence-corrected chi connectivity index (χ1v) is 12.6. The number of unbranched alkanes of at least 4 members (excludes halogenated alkanes) is 7. The molecule has 0 saturated heterocycles. The van der Waals surface area contributed by atoms with Crippen LogP contribution in [0.3, 0.4) is 0 Å². The number of hydrogen-bond acceptors (Lipinski definition) is 5. The molecule has 0 spiro atoms. The first kappa shape index (κ1) is 25.0.